The zero-order chi connectivity index (χ0) is 14.6. The van der Waals surface area contributed by atoms with Crippen LogP contribution in [0.15, 0.2) is 0 Å². The van der Waals surface area contributed by atoms with Crippen molar-refractivity contribution in [3.63, 3.8) is 0 Å². The second kappa shape index (κ2) is 6.67. The summed E-state index contributed by atoms with van der Waals surface area (Å²) < 4.78 is 25.5. The van der Waals surface area contributed by atoms with E-state index in [1.807, 2.05) is 13.8 Å². The van der Waals surface area contributed by atoms with E-state index in [2.05, 4.69) is 5.32 Å². The summed E-state index contributed by atoms with van der Waals surface area (Å²) in [6.45, 7) is 9.59. The van der Waals surface area contributed by atoms with Crippen molar-refractivity contribution in [3.8, 4) is 0 Å². The molecule has 1 amide bonds. The lowest BCUT2D eigenvalue weighted by molar-refractivity contribution is -0.132. The van der Waals surface area contributed by atoms with Gasteiger partial charge in [0, 0.05) is 38.3 Å². The van der Waals surface area contributed by atoms with Gasteiger partial charge >= 0.3 is 0 Å². The largest absolute Gasteiger partial charge is 0.336 e. The maximum absolute atomic E-state index is 12.2. The average molecular weight is 291 g/mol. The molecule has 7 heteroatoms. The fourth-order valence-corrected chi connectivity index (χ4v) is 3.80. The highest BCUT2D eigenvalue weighted by molar-refractivity contribution is 7.89. The highest BCUT2D eigenvalue weighted by atomic mass is 32.2. The molecule has 1 rings (SSSR count). The molecule has 1 N–H and O–H groups in total. The monoisotopic (exact) mass is 291 g/mol. The van der Waals surface area contributed by atoms with E-state index in [1.54, 1.807) is 18.7 Å². The highest BCUT2D eigenvalue weighted by Crippen LogP contribution is 2.11. The number of piperazine rings is 1. The van der Waals surface area contributed by atoms with E-state index in [4.69, 9.17) is 0 Å². The fourth-order valence-electron chi connectivity index (χ4n) is 2.36. The Hall–Kier alpha value is -0.660. The molecule has 0 aromatic carbocycles. The van der Waals surface area contributed by atoms with Crippen LogP contribution in [0.3, 0.4) is 0 Å². The topological polar surface area (TPSA) is 69.7 Å². The lowest BCUT2D eigenvalue weighted by Crippen LogP contribution is -2.58. The van der Waals surface area contributed by atoms with E-state index in [0.29, 0.717) is 26.2 Å². The van der Waals surface area contributed by atoms with Gasteiger partial charge in [-0.25, -0.2) is 12.7 Å². The van der Waals surface area contributed by atoms with Gasteiger partial charge in [0.25, 0.3) is 0 Å². The fraction of sp³-hybridized carbons (Fsp3) is 0.917. The molecule has 1 aliphatic rings. The first-order valence-electron chi connectivity index (χ1n) is 6.84. The molecule has 0 aromatic heterocycles. The van der Waals surface area contributed by atoms with Crippen LogP contribution in [0.4, 0.5) is 0 Å². The first-order chi connectivity index (χ1) is 8.83. The third kappa shape index (κ3) is 3.90. The Morgan fingerprint density at radius 3 is 2.42 bits per heavy atom. The molecule has 2 unspecified atom stereocenters. The average Bonchev–Trinajstić information content (AvgIpc) is 2.33. The van der Waals surface area contributed by atoms with Gasteiger partial charge in [0.1, 0.15) is 5.75 Å². The Labute approximate surface area is 116 Å². The summed E-state index contributed by atoms with van der Waals surface area (Å²) >= 11 is 0. The van der Waals surface area contributed by atoms with Crippen LogP contribution in [0.1, 0.15) is 27.7 Å². The molecule has 0 aliphatic carbocycles. The Morgan fingerprint density at radius 1 is 1.32 bits per heavy atom. The van der Waals surface area contributed by atoms with Gasteiger partial charge in [-0.2, -0.15) is 0 Å². The van der Waals surface area contributed by atoms with E-state index in [9.17, 15) is 13.2 Å². The van der Waals surface area contributed by atoms with Crippen molar-refractivity contribution in [1.29, 1.82) is 0 Å². The minimum atomic E-state index is -3.49. The molecule has 1 saturated heterocycles. The quantitative estimate of drug-likeness (QED) is 0.766. The number of amides is 1. The van der Waals surface area contributed by atoms with Crippen molar-refractivity contribution in [2.75, 3.05) is 31.9 Å². The van der Waals surface area contributed by atoms with E-state index in [0.717, 1.165) is 0 Å². The molecule has 0 spiro atoms. The Morgan fingerprint density at radius 2 is 1.89 bits per heavy atom. The van der Waals surface area contributed by atoms with Crippen molar-refractivity contribution in [2.24, 2.45) is 0 Å². The second-order valence-electron chi connectivity index (χ2n) is 4.91. The maximum atomic E-state index is 12.2. The number of carbonyl (C=O) groups is 1. The standard InChI is InChI=1S/C12H25N3O3S/c1-5-14(6-2)19(17,18)9-12(16)15-8-7-13-10(3)11(15)4/h10-11,13H,5-9H2,1-4H3. The number of hydrogen-bond acceptors (Lipinski definition) is 4. The smallest absolute Gasteiger partial charge is 0.239 e. The molecule has 112 valence electrons. The lowest BCUT2D eigenvalue weighted by atomic mass is 10.1. The summed E-state index contributed by atoms with van der Waals surface area (Å²) in [5.41, 5.74) is 0. The summed E-state index contributed by atoms with van der Waals surface area (Å²) in [6, 6.07) is 0.210. The molecule has 2 atom stereocenters. The molecule has 6 nitrogen and oxygen atoms in total. The van der Waals surface area contributed by atoms with Crippen LogP contribution >= 0.6 is 0 Å². The zero-order valence-electron chi connectivity index (χ0n) is 12.2. The van der Waals surface area contributed by atoms with Crippen LogP contribution < -0.4 is 5.32 Å². The maximum Gasteiger partial charge on any atom is 0.239 e. The van der Waals surface area contributed by atoms with Crippen LogP contribution in [-0.4, -0.2) is 67.5 Å². The minimum Gasteiger partial charge on any atom is -0.336 e. The lowest BCUT2D eigenvalue weighted by Gasteiger charge is -2.38. The van der Waals surface area contributed by atoms with Crippen molar-refractivity contribution in [1.82, 2.24) is 14.5 Å². The van der Waals surface area contributed by atoms with Crippen LogP contribution in [-0.2, 0) is 14.8 Å². The Kier molecular flexibility index (Phi) is 5.76. The molecule has 0 aromatic rings. The summed E-state index contributed by atoms with van der Waals surface area (Å²) in [6.07, 6.45) is 0. The van der Waals surface area contributed by atoms with Gasteiger partial charge in [-0.05, 0) is 13.8 Å². The molecular weight excluding hydrogens is 266 g/mol. The van der Waals surface area contributed by atoms with Crippen LogP contribution in [0.25, 0.3) is 0 Å². The van der Waals surface area contributed by atoms with Crippen LogP contribution in [0.2, 0.25) is 0 Å². The van der Waals surface area contributed by atoms with Gasteiger partial charge in [-0.3, -0.25) is 4.79 Å². The van der Waals surface area contributed by atoms with Crippen LogP contribution in [0, 0.1) is 0 Å². The van der Waals surface area contributed by atoms with Crippen molar-refractivity contribution < 1.29 is 13.2 Å². The SMILES string of the molecule is CCN(CC)S(=O)(=O)CC(=O)N1CCNC(C)C1C. The minimum absolute atomic E-state index is 0.0214. The number of carbonyl (C=O) groups excluding carboxylic acids is 1. The van der Waals surface area contributed by atoms with Crippen LogP contribution in [0.5, 0.6) is 0 Å². The van der Waals surface area contributed by atoms with E-state index < -0.39 is 15.8 Å². The molecule has 1 aliphatic heterocycles. The second-order valence-corrected chi connectivity index (χ2v) is 6.88. The van der Waals surface area contributed by atoms with Gasteiger partial charge < -0.3 is 10.2 Å². The summed E-state index contributed by atoms with van der Waals surface area (Å²) in [4.78, 5) is 13.9. The Balaban J connectivity index is 2.74. The number of nitrogens with zero attached hydrogens (tertiary/aromatic N) is 2. The van der Waals surface area contributed by atoms with E-state index >= 15 is 0 Å². The number of hydrogen-bond donors (Lipinski definition) is 1. The molecule has 0 saturated carbocycles. The predicted octanol–water partition coefficient (Wildman–Crippen LogP) is -0.133. The van der Waals surface area contributed by atoms with Crippen molar-refractivity contribution in [2.45, 2.75) is 39.8 Å². The first-order valence-corrected chi connectivity index (χ1v) is 8.45. The molecule has 19 heavy (non-hydrogen) atoms. The van der Waals surface area contributed by atoms with E-state index in [1.165, 1.54) is 4.31 Å². The normalized spacial score (nSPS) is 24.8. The third-order valence-corrected chi connectivity index (χ3v) is 5.67. The van der Waals surface area contributed by atoms with Crippen molar-refractivity contribution in [3.05, 3.63) is 0 Å². The molecule has 0 bridgehead atoms. The van der Waals surface area contributed by atoms with Gasteiger partial charge in [0.2, 0.25) is 15.9 Å². The Bertz CT molecular complexity index is 406. The number of sulfonamides is 1. The zero-order valence-corrected chi connectivity index (χ0v) is 13.0. The molecule has 1 fully saturated rings. The summed E-state index contributed by atoms with van der Waals surface area (Å²) in [5.74, 6) is -0.723. The predicted molar refractivity (Wildman–Crippen MR) is 75.3 cm³/mol. The molecule has 1 heterocycles. The van der Waals surface area contributed by atoms with Gasteiger partial charge in [-0.15, -0.1) is 0 Å². The number of rotatable bonds is 5. The summed E-state index contributed by atoms with van der Waals surface area (Å²) in [7, 11) is -3.49. The molecular formula is C12H25N3O3S. The van der Waals surface area contributed by atoms with Gasteiger partial charge in [0.15, 0.2) is 0 Å². The van der Waals surface area contributed by atoms with Crippen molar-refractivity contribution >= 4 is 15.9 Å². The van der Waals surface area contributed by atoms with Gasteiger partial charge in [0.05, 0.1) is 0 Å². The van der Waals surface area contributed by atoms with Gasteiger partial charge in [-0.1, -0.05) is 13.8 Å². The number of nitrogens with one attached hydrogen (secondary N) is 1. The first kappa shape index (κ1) is 16.4. The molecule has 0 radical (unpaired) electrons. The van der Waals surface area contributed by atoms with E-state index in [-0.39, 0.29) is 18.0 Å². The highest BCUT2D eigenvalue weighted by Gasteiger charge is 2.32. The summed E-state index contributed by atoms with van der Waals surface area (Å²) in [5, 5.41) is 3.27. The third-order valence-electron chi connectivity index (χ3n) is 3.76.